The molecule has 0 saturated carbocycles. The van der Waals surface area contributed by atoms with E-state index in [9.17, 15) is 13.2 Å². The highest BCUT2D eigenvalue weighted by Gasteiger charge is 2.07. The van der Waals surface area contributed by atoms with Crippen molar-refractivity contribution in [3.05, 3.63) is 54.1 Å². The average Bonchev–Trinajstić information content (AvgIpc) is 2.66. The Morgan fingerprint density at radius 1 is 1.10 bits per heavy atom. The second kappa shape index (κ2) is 12.5. The molecule has 0 heterocycles. The van der Waals surface area contributed by atoms with E-state index in [2.05, 4.69) is 29.6 Å². The van der Waals surface area contributed by atoms with E-state index >= 15 is 0 Å². The molecule has 9 heteroatoms. The van der Waals surface area contributed by atoms with Crippen LogP contribution in [0.3, 0.4) is 0 Å². The Bertz CT molecular complexity index is 870. The van der Waals surface area contributed by atoms with Gasteiger partial charge >= 0.3 is 6.03 Å². The number of hydrogen-bond donors (Lipinski definition) is 3. The molecule has 3 N–H and O–H groups in total. The van der Waals surface area contributed by atoms with E-state index in [-0.39, 0.29) is 10.9 Å². The largest absolute Gasteiger partial charge is 0.341 e. The number of anilines is 1. The van der Waals surface area contributed by atoms with E-state index in [4.69, 9.17) is 4.55 Å². The van der Waals surface area contributed by atoms with Crippen LogP contribution in [0, 0.1) is 6.92 Å². The summed E-state index contributed by atoms with van der Waals surface area (Å²) in [4.78, 5) is 14.5. The van der Waals surface area contributed by atoms with Crippen LogP contribution in [0.15, 0.2) is 58.3 Å². The van der Waals surface area contributed by atoms with Crippen molar-refractivity contribution in [3.63, 3.8) is 0 Å². The zero-order valence-electron chi connectivity index (χ0n) is 17.2. The number of amides is 2. The van der Waals surface area contributed by atoms with Crippen molar-refractivity contribution in [1.82, 2.24) is 10.2 Å². The van der Waals surface area contributed by atoms with E-state index in [1.54, 1.807) is 30.9 Å². The van der Waals surface area contributed by atoms with Crippen molar-refractivity contribution < 1.29 is 17.8 Å². The van der Waals surface area contributed by atoms with Crippen LogP contribution in [0.4, 0.5) is 10.5 Å². The fourth-order valence-electron chi connectivity index (χ4n) is 2.15. The van der Waals surface area contributed by atoms with Gasteiger partial charge in [-0.25, -0.2) is 4.79 Å². The van der Waals surface area contributed by atoms with E-state index < -0.39 is 10.1 Å². The van der Waals surface area contributed by atoms with Crippen LogP contribution < -0.4 is 10.6 Å². The van der Waals surface area contributed by atoms with Gasteiger partial charge < -0.3 is 15.5 Å². The van der Waals surface area contributed by atoms with E-state index in [0.717, 1.165) is 34.9 Å². The molecular weight excluding hydrogens is 410 g/mol. The molecule has 2 rings (SSSR count). The zero-order chi connectivity index (χ0) is 21.9. The molecule has 0 spiro atoms. The number of benzene rings is 2. The molecule has 0 fully saturated rings. The van der Waals surface area contributed by atoms with Gasteiger partial charge in [-0.15, -0.1) is 11.8 Å². The fraction of sp³-hybridized carbons (Fsp3) is 0.350. The Morgan fingerprint density at radius 3 is 2.28 bits per heavy atom. The summed E-state index contributed by atoms with van der Waals surface area (Å²) in [6.07, 6.45) is 1.13. The van der Waals surface area contributed by atoms with Gasteiger partial charge in [-0.3, -0.25) is 4.55 Å². The Hall–Kier alpha value is -2.07. The normalized spacial score (nSPS) is 10.8. The van der Waals surface area contributed by atoms with Gasteiger partial charge in [-0.05, 0) is 64.0 Å². The van der Waals surface area contributed by atoms with Crippen LogP contribution in [-0.2, 0) is 10.1 Å². The second-order valence-corrected chi connectivity index (χ2v) is 9.05. The molecule has 0 aliphatic heterocycles. The number of nitrogens with one attached hydrogen (secondary N) is 2. The third-order valence-electron chi connectivity index (χ3n) is 3.69. The molecule has 29 heavy (non-hydrogen) atoms. The monoisotopic (exact) mass is 439 g/mol. The summed E-state index contributed by atoms with van der Waals surface area (Å²) in [6.45, 7) is 2.92. The van der Waals surface area contributed by atoms with Crippen molar-refractivity contribution >= 4 is 33.6 Å². The van der Waals surface area contributed by atoms with E-state index in [1.165, 1.54) is 12.1 Å². The third-order valence-corrected chi connectivity index (χ3v) is 5.72. The van der Waals surface area contributed by atoms with Gasteiger partial charge in [0.1, 0.15) is 0 Å². The Labute approximate surface area is 177 Å². The predicted octanol–water partition coefficient (Wildman–Crippen LogP) is 3.72. The molecule has 160 valence electrons. The van der Waals surface area contributed by atoms with Gasteiger partial charge in [0.2, 0.25) is 0 Å². The Kier molecular flexibility index (Phi) is 10.7. The smallest absolute Gasteiger partial charge is 0.319 e. The summed E-state index contributed by atoms with van der Waals surface area (Å²) in [5.74, 6) is 1.05. The minimum atomic E-state index is -4.02. The predicted molar refractivity (Wildman–Crippen MR) is 119 cm³/mol. The summed E-state index contributed by atoms with van der Waals surface area (Å²) >= 11 is 1.77. The lowest BCUT2D eigenvalue weighted by Crippen LogP contribution is -2.24. The Balaban J connectivity index is 0.000000326. The maximum atomic E-state index is 11.3. The van der Waals surface area contributed by atoms with Crippen LogP contribution in [0.2, 0.25) is 0 Å². The second-order valence-electron chi connectivity index (χ2n) is 6.49. The lowest BCUT2D eigenvalue weighted by atomic mass is 10.2. The van der Waals surface area contributed by atoms with Crippen LogP contribution >= 0.6 is 11.8 Å². The summed E-state index contributed by atoms with van der Waals surface area (Å²) in [7, 11) is 1.74. The minimum absolute atomic E-state index is 0.0666. The number of rotatable bonds is 7. The third kappa shape index (κ3) is 10.3. The molecule has 2 aromatic rings. The van der Waals surface area contributed by atoms with Gasteiger partial charge in [-0.1, -0.05) is 29.8 Å². The van der Waals surface area contributed by atoms with Gasteiger partial charge in [0.15, 0.2) is 0 Å². The van der Waals surface area contributed by atoms with Gasteiger partial charge in [0.05, 0.1) is 10.6 Å². The highest BCUT2D eigenvalue weighted by Crippen LogP contribution is 2.27. The number of thioether (sulfide) groups is 1. The van der Waals surface area contributed by atoms with Gasteiger partial charge in [-0.2, -0.15) is 8.42 Å². The first kappa shape index (κ1) is 25.0. The lowest BCUT2D eigenvalue weighted by molar-refractivity contribution is 0.254. The number of carbonyl (C=O) groups excluding carboxylic acids is 1. The summed E-state index contributed by atoms with van der Waals surface area (Å²) in [5.41, 5.74) is 1.82. The summed E-state index contributed by atoms with van der Waals surface area (Å²) < 4.78 is 29.6. The van der Waals surface area contributed by atoms with Crippen LogP contribution in [0.25, 0.3) is 0 Å². The molecule has 0 saturated heterocycles. The summed E-state index contributed by atoms with van der Waals surface area (Å²) in [6, 6.07) is 13.7. The molecule has 0 atom stereocenters. The molecular formula is C20H29N3O4S2. The van der Waals surface area contributed by atoms with E-state index in [1.807, 2.05) is 31.2 Å². The maximum absolute atomic E-state index is 11.3. The quantitative estimate of drug-likeness (QED) is 0.345. The SMILES string of the molecule is CNC(=O)Nc1ccccc1SCCCN(C)C.Cc1ccc(S(=O)(=O)O)cc1. The van der Waals surface area contributed by atoms with Gasteiger partial charge in [0, 0.05) is 11.9 Å². The molecule has 0 bridgehead atoms. The first-order valence-electron chi connectivity index (χ1n) is 9.03. The number of carbonyl (C=O) groups is 1. The maximum Gasteiger partial charge on any atom is 0.319 e. The van der Waals surface area contributed by atoms with Crippen molar-refractivity contribution in [2.24, 2.45) is 0 Å². The average molecular weight is 440 g/mol. The van der Waals surface area contributed by atoms with Crippen molar-refractivity contribution in [3.8, 4) is 0 Å². The molecule has 0 unspecified atom stereocenters. The van der Waals surface area contributed by atoms with Gasteiger partial charge in [0.25, 0.3) is 10.1 Å². The number of para-hydroxylation sites is 1. The standard InChI is InChI=1S/C13H21N3OS.C7H8O3S/c1-14-13(17)15-11-7-4-5-8-12(11)18-10-6-9-16(2)3;1-6-2-4-7(5-3-6)11(8,9)10/h4-5,7-8H,6,9-10H2,1-3H3,(H2,14,15,17);2-5H,1H3,(H,8,9,10). The number of aryl methyl sites for hydroxylation is 1. The van der Waals surface area contributed by atoms with Crippen molar-refractivity contribution in [1.29, 1.82) is 0 Å². The van der Waals surface area contributed by atoms with E-state index in [0.29, 0.717) is 0 Å². The topological polar surface area (TPSA) is 98.7 Å². The molecule has 0 aliphatic rings. The minimum Gasteiger partial charge on any atom is -0.341 e. The number of urea groups is 1. The van der Waals surface area contributed by atoms with Crippen LogP contribution in [0.5, 0.6) is 0 Å². The molecule has 2 aromatic carbocycles. The van der Waals surface area contributed by atoms with Crippen LogP contribution in [0.1, 0.15) is 12.0 Å². The highest BCUT2D eigenvalue weighted by molar-refractivity contribution is 7.99. The highest BCUT2D eigenvalue weighted by atomic mass is 32.2. The fourth-order valence-corrected chi connectivity index (χ4v) is 3.58. The molecule has 0 radical (unpaired) electrons. The zero-order valence-corrected chi connectivity index (χ0v) is 18.8. The molecule has 2 amide bonds. The van der Waals surface area contributed by atoms with Crippen LogP contribution in [-0.4, -0.2) is 57.3 Å². The molecule has 0 aliphatic carbocycles. The van der Waals surface area contributed by atoms with Crippen molar-refractivity contribution in [2.45, 2.75) is 23.1 Å². The van der Waals surface area contributed by atoms with Crippen molar-refractivity contribution in [2.75, 3.05) is 38.8 Å². The summed E-state index contributed by atoms with van der Waals surface area (Å²) in [5, 5.41) is 5.39. The number of nitrogens with zero attached hydrogens (tertiary/aromatic N) is 1. The number of hydrogen-bond acceptors (Lipinski definition) is 5. The first-order chi connectivity index (χ1) is 13.6. The molecule has 7 nitrogen and oxygen atoms in total. The Morgan fingerprint density at radius 2 is 1.72 bits per heavy atom. The first-order valence-corrected chi connectivity index (χ1v) is 11.5. The molecule has 0 aromatic heterocycles. The lowest BCUT2D eigenvalue weighted by Gasteiger charge is -2.11.